The Morgan fingerprint density at radius 3 is 2.33 bits per heavy atom. The number of hydrogen-bond acceptors (Lipinski definition) is 7. The van der Waals surface area contributed by atoms with Gasteiger partial charge in [0.1, 0.15) is 5.82 Å². The number of sulfonamides is 1. The standard InChI is InChI=1S/C23H32N6O3S/c1-33(31,32)29-13-11-28(12-14-29)19-9-7-18(8-10-19)27-22-15-21(20(16-25-22)23(24)30)26-17-5-3-2-4-6-17/h7-10,15-17H,2-6,11-14H2,1H3,(H2,24,30)(H2,25,26,27). The van der Waals surface area contributed by atoms with Crippen molar-refractivity contribution >= 4 is 38.8 Å². The molecular weight excluding hydrogens is 440 g/mol. The molecule has 4 rings (SSSR count). The summed E-state index contributed by atoms with van der Waals surface area (Å²) in [5.74, 6) is 0.139. The van der Waals surface area contributed by atoms with Crippen LogP contribution in [0, 0.1) is 0 Å². The van der Waals surface area contributed by atoms with Crippen molar-refractivity contribution in [2.45, 2.75) is 38.1 Å². The number of nitrogens with one attached hydrogen (secondary N) is 2. The Labute approximate surface area is 195 Å². The van der Waals surface area contributed by atoms with E-state index < -0.39 is 15.9 Å². The number of carbonyl (C=O) groups excluding carboxylic acids is 1. The fraction of sp³-hybridized carbons (Fsp3) is 0.478. The molecule has 4 N–H and O–H groups in total. The van der Waals surface area contributed by atoms with Crippen LogP contribution >= 0.6 is 0 Å². The first-order chi connectivity index (χ1) is 15.8. The van der Waals surface area contributed by atoms with Crippen LogP contribution < -0.4 is 21.3 Å². The van der Waals surface area contributed by atoms with Crippen LogP contribution in [0.4, 0.5) is 22.9 Å². The molecule has 33 heavy (non-hydrogen) atoms. The molecule has 1 aliphatic carbocycles. The van der Waals surface area contributed by atoms with Crippen LogP contribution in [0.15, 0.2) is 36.5 Å². The Morgan fingerprint density at radius 1 is 1.06 bits per heavy atom. The summed E-state index contributed by atoms with van der Waals surface area (Å²) in [7, 11) is -3.14. The second-order valence-electron chi connectivity index (χ2n) is 8.78. The quantitative estimate of drug-likeness (QED) is 0.567. The molecule has 2 aromatic rings. The third-order valence-electron chi connectivity index (χ3n) is 6.35. The highest BCUT2D eigenvalue weighted by Crippen LogP contribution is 2.27. The van der Waals surface area contributed by atoms with E-state index in [0.29, 0.717) is 49.3 Å². The largest absolute Gasteiger partial charge is 0.382 e. The Hall–Kier alpha value is -2.85. The lowest BCUT2D eigenvalue weighted by molar-refractivity contribution is 0.100. The molecule has 1 aromatic carbocycles. The fourth-order valence-corrected chi connectivity index (χ4v) is 5.31. The number of nitrogens with two attached hydrogens (primary N) is 1. The Morgan fingerprint density at radius 2 is 1.73 bits per heavy atom. The van der Waals surface area contributed by atoms with E-state index in [1.807, 2.05) is 30.3 Å². The second kappa shape index (κ2) is 9.96. The van der Waals surface area contributed by atoms with Crippen molar-refractivity contribution in [1.29, 1.82) is 0 Å². The minimum atomic E-state index is -3.14. The topological polar surface area (TPSA) is 121 Å². The second-order valence-corrected chi connectivity index (χ2v) is 10.8. The molecule has 10 heteroatoms. The van der Waals surface area contributed by atoms with Gasteiger partial charge in [-0.25, -0.2) is 13.4 Å². The molecule has 1 saturated heterocycles. The van der Waals surface area contributed by atoms with Gasteiger partial charge in [0.2, 0.25) is 10.0 Å². The number of nitrogens with zero attached hydrogens (tertiary/aromatic N) is 3. The van der Waals surface area contributed by atoms with E-state index >= 15 is 0 Å². The summed E-state index contributed by atoms with van der Waals surface area (Å²) in [5, 5.41) is 6.78. The fourth-order valence-electron chi connectivity index (χ4n) is 4.49. The predicted octanol–water partition coefficient (Wildman–Crippen LogP) is 2.75. The first-order valence-electron chi connectivity index (χ1n) is 11.4. The highest BCUT2D eigenvalue weighted by Gasteiger charge is 2.23. The zero-order valence-corrected chi connectivity index (χ0v) is 19.8. The molecule has 0 unspecified atom stereocenters. The van der Waals surface area contributed by atoms with Gasteiger partial charge < -0.3 is 21.3 Å². The number of rotatable bonds is 7. The number of benzene rings is 1. The number of amides is 1. The summed E-state index contributed by atoms with van der Waals surface area (Å²) in [4.78, 5) is 18.4. The van der Waals surface area contributed by atoms with Gasteiger partial charge in [-0.15, -0.1) is 0 Å². The van der Waals surface area contributed by atoms with Gasteiger partial charge in [0.15, 0.2) is 0 Å². The Kier molecular flexibility index (Phi) is 7.04. The molecule has 1 saturated carbocycles. The van der Waals surface area contributed by atoms with Crippen molar-refractivity contribution in [3.63, 3.8) is 0 Å². The van der Waals surface area contributed by atoms with Crippen LogP contribution in [0.3, 0.4) is 0 Å². The highest BCUT2D eigenvalue weighted by molar-refractivity contribution is 7.88. The van der Waals surface area contributed by atoms with Crippen LogP contribution in [-0.4, -0.2) is 62.1 Å². The number of hydrogen-bond donors (Lipinski definition) is 3. The third-order valence-corrected chi connectivity index (χ3v) is 7.65. The zero-order chi connectivity index (χ0) is 23.4. The Balaban J connectivity index is 1.42. The predicted molar refractivity (Wildman–Crippen MR) is 132 cm³/mol. The summed E-state index contributed by atoms with van der Waals surface area (Å²) in [6, 6.07) is 10.1. The van der Waals surface area contributed by atoms with Crippen LogP contribution in [0.5, 0.6) is 0 Å². The van der Waals surface area contributed by atoms with E-state index in [2.05, 4.69) is 20.5 Å². The SMILES string of the molecule is CS(=O)(=O)N1CCN(c2ccc(Nc3cc(NC4CCCCC4)c(C(N)=O)cn3)cc2)CC1. The van der Waals surface area contributed by atoms with Gasteiger partial charge in [0, 0.05) is 55.9 Å². The lowest BCUT2D eigenvalue weighted by Gasteiger charge is -2.34. The minimum absolute atomic E-state index is 0.342. The molecular formula is C23H32N6O3S. The first-order valence-corrected chi connectivity index (χ1v) is 13.3. The van der Waals surface area contributed by atoms with Crippen molar-refractivity contribution in [1.82, 2.24) is 9.29 Å². The zero-order valence-electron chi connectivity index (χ0n) is 19.0. The summed E-state index contributed by atoms with van der Waals surface area (Å²) >= 11 is 0. The molecule has 2 aliphatic rings. The maximum atomic E-state index is 11.9. The molecule has 2 heterocycles. The van der Waals surface area contributed by atoms with Gasteiger partial charge in [-0.2, -0.15) is 4.31 Å². The van der Waals surface area contributed by atoms with Gasteiger partial charge in [-0.3, -0.25) is 4.79 Å². The molecule has 1 aromatic heterocycles. The molecule has 178 valence electrons. The number of aromatic nitrogens is 1. The average molecular weight is 473 g/mol. The van der Waals surface area contributed by atoms with Crippen molar-refractivity contribution in [2.24, 2.45) is 5.73 Å². The van der Waals surface area contributed by atoms with Crippen LogP contribution in [-0.2, 0) is 10.0 Å². The molecule has 9 nitrogen and oxygen atoms in total. The molecule has 0 bridgehead atoms. The van der Waals surface area contributed by atoms with Crippen molar-refractivity contribution in [2.75, 3.05) is 48.0 Å². The molecule has 0 spiro atoms. The average Bonchev–Trinajstić information content (AvgIpc) is 2.80. The lowest BCUT2D eigenvalue weighted by Crippen LogP contribution is -2.48. The molecule has 0 radical (unpaired) electrons. The summed E-state index contributed by atoms with van der Waals surface area (Å²) in [5.41, 5.74) is 8.59. The van der Waals surface area contributed by atoms with Gasteiger partial charge >= 0.3 is 0 Å². The van der Waals surface area contributed by atoms with Crippen LogP contribution in [0.1, 0.15) is 42.5 Å². The smallest absolute Gasteiger partial charge is 0.252 e. The van der Waals surface area contributed by atoms with E-state index in [1.165, 1.54) is 36.0 Å². The summed E-state index contributed by atoms with van der Waals surface area (Å²) in [6.45, 7) is 2.30. The number of piperazine rings is 1. The van der Waals surface area contributed by atoms with E-state index in [0.717, 1.165) is 24.2 Å². The molecule has 1 aliphatic heterocycles. The van der Waals surface area contributed by atoms with Gasteiger partial charge in [0.25, 0.3) is 5.91 Å². The number of pyridine rings is 1. The van der Waals surface area contributed by atoms with Crippen molar-refractivity contribution < 1.29 is 13.2 Å². The maximum Gasteiger partial charge on any atom is 0.252 e. The summed E-state index contributed by atoms with van der Waals surface area (Å²) in [6.07, 6.45) is 8.58. The minimum Gasteiger partial charge on any atom is -0.382 e. The Bertz CT molecular complexity index is 1080. The molecule has 0 atom stereocenters. The summed E-state index contributed by atoms with van der Waals surface area (Å²) < 4.78 is 24.9. The van der Waals surface area contributed by atoms with E-state index in [4.69, 9.17) is 5.73 Å². The van der Waals surface area contributed by atoms with Crippen LogP contribution in [0.2, 0.25) is 0 Å². The van der Waals surface area contributed by atoms with Crippen molar-refractivity contribution in [3.05, 3.63) is 42.1 Å². The highest BCUT2D eigenvalue weighted by atomic mass is 32.2. The lowest BCUT2D eigenvalue weighted by atomic mass is 9.95. The van der Waals surface area contributed by atoms with E-state index in [1.54, 1.807) is 0 Å². The van der Waals surface area contributed by atoms with E-state index in [9.17, 15) is 13.2 Å². The normalized spacial score (nSPS) is 18.2. The van der Waals surface area contributed by atoms with Gasteiger partial charge in [-0.05, 0) is 37.1 Å². The number of primary amides is 1. The first kappa shape index (κ1) is 23.3. The number of carbonyl (C=O) groups is 1. The van der Waals surface area contributed by atoms with Gasteiger partial charge in [0.05, 0.1) is 17.5 Å². The van der Waals surface area contributed by atoms with E-state index in [-0.39, 0.29) is 0 Å². The van der Waals surface area contributed by atoms with Crippen LogP contribution in [0.25, 0.3) is 0 Å². The third kappa shape index (κ3) is 5.94. The van der Waals surface area contributed by atoms with Gasteiger partial charge in [-0.1, -0.05) is 19.3 Å². The number of anilines is 4. The maximum absolute atomic E-state index is 11.9. The molecule has 1 amide bonds. The monoisotopic (exact) mass is 472 g/mol. The van der Waals surface area contributed by atoms with Crippen molar-refractivity contribution in [3.8, 4) is 0 Å². The molecule has 2 fully saturated rings.